The molecule has 0 unspecified atom stereocenters. The summed E-state index contributed by atoms with van der Waals surface area (Å²) in [5.74, 6) is -0.258. The number of carbonyl (C=O) groups excluding carboxylic acids is 2. The molecule has 1 aliphatic carbocycles. The minimum absolute atomic E-state index is 0. The number of ether oxygens (including phenoxy) is 1. The molecule has 1 saturated heterocycles. The Hall–Kier alpha value is -1.64. The Morgan fingerprint density at radius 1 is 1.35 bits per heavy atom. The second kappa shape index (κ2) is 7.76. The molecule has 0 spiro atoms. The zero-order valence-electron chi connectivity index (χ0n) is 12.7. The first-order valence-electron chi connectivity index (χ1n) is 7.62. The van der Waals surface area contributed by atoms with Crippen molar-refractivity contribution < 1.29 is 14.3 Å². The van der Waals surface area contributed by atoms with Crippen LogP contribution in [0.4, 0.5) is 5.69 Å². The van der Waals surface area contributed by atoms with Crippen molar-refractivity contribution in [2.75, 3.05) is 11.9 Å². The molecule has 2 fully saturated rings. The zero-order chi connectivity index (χ0) is 15.5. The number of nitrogens with two attached hydrogens (primary N) is 1. The Labute approximate surface area is 140 Å². The van der Waals surface area contributed by atoms with Crippen LogP contribution in [0, 0.1) is 0 Å². The molecule has 0 bridgehead atoms. The predicted octanol–water partition coefficient (Wildman–Crippen LogP) is 0.0283. The van der Waals surface area contributed by atoms with Crippen LogP contribution in [0.2, 0.25) is 0 Å². The van der Waals surface area contributed by atoms with Crippen LogP contribution in [0.1, 0.15) is 25.7 Å². The summed E-state index contributed by atoms with van der Waals surface area (Å²) >= 11 is 0. The van der Waals surface area contributed by atoms with E-state index in [1.165, 1.54) is 10.9 Å². The Balaban J connectivity index is 0.00000192. The first-order valence-corrected chi connectivity index (χ1v) is 7.62. The van der Waals surface area contributed by atoms with E-state index in [9.17, 15) is 9.59 Å². The van der Waals surface area contributed by atoms with Crippen LogP contribution in [0.5, 0.6) is 0 Å². The number of anilines is 1. The summed E-state index contributed by atoms with van der Waals surface area (Å²) in [5.41, 5.74) is 6.09. The van der Waals surface area contributed by atoms with Gasteiger partial charge in [-0.15, -0.1) is 12.4 Å². The third-order valence-electron chi connectivity index (χ3n) is 3.81. The predicted molar refractivity (Wildman–Crippen MR) is 86.2 cm³/mol. The van der Waals surface area contributed by atoms with Crippen LogP contribution in [0.25, 0.3) is 0 Å². The van der Waals surface area contributed by atoms with Gasteiger partial charge in [-0.1, -0.05) is 0 Å². The molecule has 2 aliphatic rings. The van der Waals surface area contributed by atoms with E-state index in [1.807, 2.05) is 0 Å². The number of carbonyl (C=O) groups is 2. The lowest BCUT2D eigenvalue weighted by atomic mass is 10.2. The van der Waals surface area contributed by atoms with Gasteiger partial charge in [0.2, 0.25) is 5.91 Å². The van der Waals surface area contributed by atoms with E-state index < -0.39 is 6.10 Å². The molecule has 1 aromatic heterocycles. The molecule has 1 saturated carbocycles. The zero-order valence-corrected chi connectivity index (χ0v) is 13.6. The quantitative estimate of drug-likeness (QED) is 0.674. The number of nitrogens with zero attached hydrogens (tertiary/aromatic N) is 2. The summed E-state index contributed by atoms with van der Waals surface area (Å²) in [6, 6.07) is 0.331. The highest BCUT2D eigenvalue weighted by molar-refractivity contribution is 5.94. The van der Waals surface area contributed by atoms with E-state index >= 15 is 0 Å². The van der Waals surface area contributed by atoms with E-state index in [1.54, 1.807) is 6.20 Å². The molecule has 8 nitrogen and oxygen atoms in total. The topological polar surface area (TPSA) is 111 Å². The monoisotopic (exact) mass is 343 g/mol. The normalized spacial score (nSPS) is 23.2. The van der Waals surface area contributed by atoms with Gasteiger partial charge < -0.3 is 21.1 Å². The Bertz CT molecular complexity index is 560. The third kappa shape index (κ3) is 4.92. The van der Waals surface area contributed by atoms with Crippen LogP contribution >= 0.6 is 12.4 Å². The highest BCUT2D eigenvalue weighted by Gasteiger charge is 2.30. The Morgan fingerprint density at radius 2 is 2.13 bits per heavy atom. The van der Waals surface area contributed by atoms with Crippen LogP contribution in [0.3, 0.4) is 0 Å². The summed E-state index contributed by atoms with van der Waals surface area (Å²) < 4.78 is 7.04. The lowest BCUT2D eigenvalue weighted by Crippen LogP contribution is -2.30. The summed E-state index contributed by atoms with van der Waals surface area (Å²) in [7, 11) is 0. The van der Waals surface area contributed by atoms with E-state index in [-0.39, 0.29) is 36.9 Å². The fourth-order valence-electron chi connectivity index (χ4n) is 2.46. The number of amides is 2. The van der Waals surface area contributed by atoms with Crippen molar-refractivity contribution in [1.29, 1.82) is 0 Å². The number of nitrogens with one attached hydrogen (secondary N) is 2. The van der Waals surface area contributed by atoms with Gasteiger partial charge in [-0.3, -0.25) is 14.3 Å². The van der Waals surface area contributed by atoms with Crippen molar-refractivity contribution in [2.45, 2.75) is 50.5 Å². The standard InChI is InChI=1S/C14H21N5O3.ClH/c15-5-11-3-4-12(22-11)14(21)18-10-6-16-19(7-10)8-13(20)17-9-1-2-9;/h6-7,9,11-12H,1-5,8,15H2,(H,17,20)(H,18,21);1H/t11-,12+;/m1./s1. The summed E-state index contributed by atoms with van der Waals surface area (Å²) in [4.78, 5) is 23.7. The average molecular weight is 344 g/mol. The number of halogens is 1. The van der Waals surface area contributed by atoms with Gasteiger partial charge in [0.15, 0.2) is 0 Å². The van der Waals surface area contributed by atoms with E-state index in [2.05, 4.69) is 15.7 Å². The minimum atomic E-state index is -0.463. The first kappa shape index (κ1) is 17.7. The summed E-state index contributed by atoms with van der Waals surface area (Å²) in [6.45, 7) is 0.583. The molecule has 1 aliphatic heterocycles. The van der Waals surface area contributed by atoms with Crippen LogP contribution in [-0.4, -0.2) is 46.4 Å². The van der Waals surface area contributed by atoms with E-state index in [0.29, 0.717) is 24.7 Å². The smallest absolute Gasteiger partial charge is 0.253 e. The molecule has 2 heterocycles. The number of hydrogen-bond acceptors (Lipinski definition) is 5. The van der Waals surface area contributed by atoms with Gasteiger partial charge in [-0.05, 0) is 25.7 Å². The molecule has 1 aromatic rings. The third-order valence-corrected chi connectivity index (χ3v) is 3.81. The number of hydrogen-bond donors (Lipinski definition) is 3. The van der Waals surface area contributed by atoms with Crippen molar-refractivity contribution in [3.63, 3.8) is 0 Å². The summed E-state index contributed by atoms with van der Waals surface area (Å²) in [5, 5.41) is 9.72. The summed E-state index contributed by atoms with van der Waals surface area (Å²) in [6.07, 6.45) is 6.24. The molecule has 4 N–H and O–H groups in total. The lowest BCUT2D eigenvalue weighted by Gasteiger charge is -2.11. The van der Waals surface area contributed by atoms with Crippen molar-refractivity contribution in [2.24, 2.45) is 5.73 Å². The average Bonchev–Trinajstić information content (AvgIpc) is 3.01. The number of aromatic nitrogens is 2. The Morgan fingerprint density at radius 3 is 2.78 bits per heavy atom. The molecule has 3 rings (SSSR count). The van der Waals surface area contributed by atoms with Gasteiger partial charge in [-0.25, -0.2) is 0 Å². The second-order valence-electron chi connectivity index (χ2n) is 5.82. The molecule has 0 radical (unpaired) electrons. The maximum absolute atomic E-state index is 12.1. The van der Waals surface area contributed by atoms with Crippen LogP contribution in [-0.2, 0) is 20.9 Å². The molecular weight excluding hydrogens is 322 g/mol. The first-order chi connectivity index (χ1) is 10.6. The van der Waals surface area contributed by atoms with Crippen LogP contribution < -0.4 is 16.4 Å². The molecule has 9 heteroatoms. The van der Waals surface area contributed by atoms with Gasteiger partial charge in [0, 0.05) is 18.8 Å². The molecule has 23 heavy (non-hydrogen) atoms. The molecule has 0 aromatic carbocycles. The van der Waals surface area contributed by atoms with Crippen molar-refractivity contribution >= 4 is 29.9 Å². The molecule has 128 valence electrons. The van der Waals surface area contributed by atoms with Gasteiger partial charge in [0.05, 0.1) is 18.0 Å². The maximum Gasteiger partial charge on any atom is 0.253 e. The lowest BCUT2D eigenvalue weighted by molar-refractivity contribution is -0.126. The Kier molecular flexibility index (Phi) is 5.97. The van der Waals surface area contributed by atoms with Crippen molar-refractivity contribution in [3.8, 4) is 0 Å². The van der Waals surface area contributed by atoms with Gasteiger partial charge in [0.1, 0.15) is 12.6 Å². The highest BCUT2D eigenvalue weighted by atomic mass is 35.5. The largest absolute Gasteiger partial charge is 0.364 e. The molecule has 2 amide bonds. The van der Waals surface area contributed by atoms with Gasteiger partial charge in [-0.2, -0.15) is 5.10 Å². The van der Waals surface area contributed by atoms with Gasteiger partial charge in [0.25, 0.3) is 5.91 Å². The fourth-order valence-corrected chi connectivity index (χ4v) is 2.46. The second-order valence-corrected chi connectivity index (χ2v) is 5.82. The van der Waals surface area contributed by atoms with E-state index in [0.717, 1.165) is 19.3 Å². The van der Waals surface area contributed by atoms with Crippen molar-refractivity contribution in [3.05, 3.63) is 12.4 Å². The highest BCUT2D eigenvalue weighted by Crippen LogP contribution is 2.20. The molecule has 2 atom stereocenters. The number of rotatable bonds is 6. The van der Waals surface area contributed by atoms with Crippen molar-refractivity contribution in [1.82, 2.24) is 15.1 Å². The fraction of sp³-hybridized carbons (Fsp3) is 0.643. The van der Waals surface area contributed by atoms with E-state index in [4.69, 9.17) is 10.5 Å². The van der Waals surface area contributed by atoms with Gasteiger partial charge >= 0.3 is 0 Å². The maximum atomic E-state index is 12.1. The minimum Gasteiger partial charge on any atom is -0.364 e. The molecular formula is C14H22ClN5O3. The SMILES string of the molecule is Cl.NC[C@H]1CC[C@@H](C(=O)Nc2cnn(CC(=O)NC3CC3)c2)O1. The van der Waals surface area contributed by atoms with Crippen LogP contribution in [0.15, 0.2) is 12.4 Å².